The number of aryl methyl sites for hydroxylation is 1. The zero-order valence-corrected chi connectivity index (χ0v) is 11.2. The number of nitrogens with one attached hydrogen (secondary N) is 1. The summed E-state index contributed by atoms with van der Waals surface area (Å²) in [6, 6.07) is 11.1. The average Bonchev–Trinajstić information content (AvgIpc) is 2.35. The Balaban J connectivity index is 2.54. The predicted molar refractivity (Wildman–Crippen MR) is 74.3 cm³/mol. The van der Waals surface area contributed by atoms with Crippen molar-refractivity contribution >= 4 is 11.6 Å². The molecular formula is C15H15ClFN. The van der Waals surface area contributed by atoms with Gasteiger partial charge in [-0.15, -0.1) is 0 Å². The van der Waals surface area contributed by atoms with Crippen LogP contribution in [-0.4, -0.2) is 7.05 Å². The van der Waals surface area contributed by atoms with E-state index in [2.05, 4.69) is 23.5 Å². The summed E-state index contributed by atoms with van der Waals surface area (Å²) in [4.78, 5) is 0. The van der Waals surface area contributed by atoms with E-state index in [0.717, 1.165) is 17.7 Å². The van der Waals surface area contributed by atoms with Gasteiger partial charge in [-0.2, -0.15) is 0 Å². The fourth-order valence-electron chi connectivity index (χ4n) is 1.97. The van der Waals surface area contributed by atoms with Gasteiger partial charge >= 0.3 is 0 Å². The summed E-state index contributed by atoms with van der Waals surface area (Å²) < 4.78 is 13.2. The van der Waals surface area contributed by atoms with E-state index in [9.17, 15) is 4.39 Å². The molecule has 0 aromatic heterocycles. The second-order valence-corrected chi connectivity index (χ2v) is 4.73. The Kier molecular flexibility index (Phi) is 4.00. The number of benzene rings is 2. The van der Waals surface area contributed by atoms with E-state index in [1.54, 1.807) is 12.1 Å². The summed E-state index contributed by atoms with van der Waals surface area (Å²) in [5, 5.41) is 3.29. The normalized spacial score (nSPS) is 10.7. The SMILES string of the molecule is CNCc1ccc(C)cc1-c1ccc(F)c(Cl)c1. The van der Waals surface area contributed by atoms with Crippen LogP contribution in [0.3, 0.4) is 0 Å². The minimum atomic E-state index is -0.386. The Morgan fingerprint density at radius 1 is 1.17 bits per heavy atom. The summed E-state index contributed by atoms with van der Waals surface area (Å²) in [5.41, 5.74) is 4.37. The van der Waals surface area contributed by atoms with Gasteiger partial charge in [-0.3, -0.25) is 0 Å². The van der Waals surface area contributed by atoms with Gasteiger partial charge in [0.15, 0.2) is 0 Å². The Bertz CT molecular complexity index is 566. The molecule has 0 saturated carbocycles. The molecule has 2 rings (SSSR count). The molecular weight excluding hydrogens is 249 g/mol. The van der Waals surface area contributed by atoms with Crippen molar-refractivity contribution in [2.75, 3.05) is 7.05 Å². The van der Waals surface area contributed by atoms with Gasteiger partial charge in [-0.05, 0) is 42.8 Å². The summed E-state index contributed by atoms with van der Waals surface area (Å²) in [6.07, 6.45) is 0. The molecule has 0 spiro atoms. The first-order valence-electron chi connectivity index (χ1n) is 5.81. The third kappa shape index (κ3) is 2.71. The second-order valence-electron chi connectivity index (χ2n) is 4.32. The van der Waals surface area contributed by atoms with E-state index >= 15 is 0 Å². The monoisotopic (exact) mass is 263 g/mol. The molecule has 0 aliphatic carbocycles. The zero-order chi connectivity index (χ0) is 13.1. The van der Waals surface area contributed by atoms with Crippen LogP contribution in [0.15, 0.2) is 36.4 Å². The van der Waals surface area contributed by atoms with Gasteiger partial charge in [0, 0.05) is 6.54 Å². The van der Waals surface area contributed by atoms with Crippen LogP contribution < -0.4 is 5.32 Å². The fourth-order valence-corrected chi connectivity index (χ4v) is 2.15. The third-order valence-corrected chi connectivity index (χ3v) is 3.15. The van der Waals surface area contributed by atoms with E-state index in [1.165, 1.54) is 17.2 Å². The smallest absolute Gasteiger partial charge is 0.141 e. The molecule has 0 aliphatic heterocycles. The first kappa shape index (κ1) is 13.1. The Morgan fingerprint density at radius 2 is 1.94 bits per heavy atom. The fraction of sp³-hybridized carbons (Fsp3) is 0.200. The van der Waals surface area contributed by atoms with Crippen molar-refractivity contribution in [2.45, 2.75) is 13.5 Å². The molecule has 0 unspecified atom stereocenters. The van der Waals surface area contributed by atoms with Crippen LogP contribution in [0.2, 0.25) is 5.02 Å². The number of rotatable bonds is 3. The number of halogens is 2. The van der Waals surface area contributed by atoms with Crippen molar-refractivity contribution in [3.8, 4) is 11.1 Å². The molecule has 0 amide bonds. The molecule has 18 heavy (non-hydrogen) atoms. The highest BCUT2D eigenvalue weighted by molar-refractivity contribution is 6.31. The molecule has 0 bridgehead atoms. The Labute approximate surface area is 112 Å². The Hall–Kier alpha value is -1.38. The van der Waals surface area contributed by atoms with Crippen LogP contribution in [0.5, 0.6) is 0 Å². The quantitative estimate of drug-likeness (QED) is 0.876. The number of hydrogen-bond donors (Lipinski definition) is 1. The number of hydrogen-bond acceptors (Lipinski definition) is 1. The van der Waals surface area contributed by atoms with Gasteiger partial charge in [0.05, 0.1) is 5.02 Å². The van der Waals surface area contributed by atoms with Crippen molar-refractivity contribution in [1.82, 2.24) is 5.32 Å². The van der Waals surface area contributed by atoms with E-state index < -0.39 is 0 Å². The molecule has 2 aromatic carbocycles. The molecule has 0 fully saturated rings. The molecule has 3 heteroatoms. The van der Waals surface area contributed by atoms with Gasteiger partial charge in [0.1, 0.15) is 5.82 Å². The predicted octanol–water partition coefficient (Wildman–Crippen LogP) is 4.17. The first-order chi connectivity index (χ1) is 8.61. The van der Waals surface area contributed by atoms with Crippen molar-refractivity contribution in [2.24, 2.45) is 0 Å². The third-order valence-electron chi connectivity index (χ3n) is 2.86. The lowest BCUT2D eigenvalue weighted by Gasteiger charge is -2.11. The molecule has 1 N–H and O–H groups in total. The largest absolute Gasteiger partial charge is 0.316 e. The van der Waals surface area contributed by atoms with Crippen LogP contribution in [0, 0.1) is 12.7 Å². The van der Waals surface area contributed by atoms with Crippen molar-refractivity contribution in [1.29, 1.82) is 0 Å². The zero-order valence-electron chi connectivity index (χ0n) is 10.4. The van der Waals surface area contributed by atoms with Gasteiger partial charge in [-0.25, -0.2) is 4.39 Å². The molecule has 0 heterocycles. The van der Waals surface area contributed by atoms with Crippen molar-refractivity contribution < 1.29 is 4.39 Å². The van der Waals surface area contributed by atoms with Crippen LogP contribution >= 0.6 is 11.6 Å². The van der Waals surface area contributed by atoms with Gasteiger partial charge in [0.2, 0.25) is 0 Å². The second kappa shape index (κ2) is 5.51. The van der Waals surface area contributed by atoms with Crippen molar-refractivity contribution in [3.05, 3.63) is 58.4 Å². The lowest BCUT2D eigenvalue weighted by Crippen LogP contribution is -2.06. The standard InChI is InChI=1S/C15H15ClFN/c1-10-3-4-12(9-18-2)13(7-10)11-5-6-15(17)14(16)8-11/h3-8,18H,9H2,1-2H3. The van der Waals surface area contributed by atoms with E-state index in [4.69, 9.17) is 11.6 Å². The minimum absolute atomic E-state index is 0.157. The molecule has 0 saturated heterocycles. The van der Waals surface area contributed by atoms with Crippen molar-refractivity contribution in [3.63, 3.8) is 0 Å². The maximum Gasteiger partial charge on any atom is 0.141 e. The summed E-state index contributed by atoms with van der Waals surface area (Å²) in [6.45, 7) is 2.81. The maximum atomic E-state index is 13.2. The van der Waals surface area contributed by atoms with E-state index in [0.29, 0.717) is 0 Å². The van der Waals surface area contributed by atoms with Gasteiger partial charge in [0.25, 0.3) is 0 Å². The van der Waals surface area contributed by atoms with E-state index in [-0.39, 0.29) is 10.8 Å². The lowest BCUT2D eigenvalue weighted by atomic mass is 9.97. The molecule has 0 radical (unpaired) electrons. The minimum Gasteiger partial charge on any atom is -0.316 e. The first-order valence-corrected chi connectivity index (χ1v) is 6.19. The van der Waals surface area contributed by atoms with Gasteiger partial charge in [-0.1, -0.05) is 41.4 Å². The van der Waals surface area contributed by atoms with Crippen LogP contribution in [0.1, 0.15) is 11.1 Å². The highest BCUT2D eigenvalue weighted by atomic mass is 35.5. The topological polar surface area (TPSA) is 12.0 Å². The van der Waals surface area contributed by atoms with E-state index in [1.807, 2.05) is 14.0 Å². The molecule has 1 nitrogen and oxygen atoms in total. The van der Waals surface area contributed by atoms with Crippen LogP contribution in [-0.2, 0) is 6.54 Å². The Morgan fingerprint density at radius 3 is 2.61 bits per heavy atom. The summed E-state index contributed by atoms with van der Waals surface area (Å²) in [7, 11) is 1.90. The van der Waals surface area contributed by atoms with Gasteiger partial charge < -0.3 is 5.32 Å². The highest BCUT2D eigenvalue weighted by Gasteiger charge is 2.07. The molecule has 0 atom stereocenters. The highest BCUT2D eigenvalue weighted by Crippen LogP contribution is 2.28. The molecule has 94 valence electrons. The molecule has 2 aromatic rings. The maximum absolute atomic E-state index is 13.2. The molecule has 0 aliphatic rings. The average molecular weight is 264 g/mol. The van der Waals surface area contributed by atoms with Crippen LogP contribution in [0.25, 0.3) is 11.1 Å². The summed E-state index contributed by atoms with van der Waals surface area (Å²) >= 11 is 5.84. The lowest BCUT2D eigenvalue weighted by molar-refractivity contribution is 0.628. The summed E-state index contributed by atoms with van der Waals surface area (Å²) in [5.74, 6) is -0.386. The van der Waals surface area contributed by atoms with Crippen LogP contribution in [0.4, 0.5) is 4.39 Å².